The van der Waals surface area contributed by atoms with E-state index in [1.54, 1.807) is 11.1 Å². The van der Waals surface area contributed by atoms with Crippen molar-refractivity contribution >= 4 is 5.97 Å². The van der Waals surface area contributed by atoms with Crippen LogP contribution < -0.4 is 34.7 Å². The van der Waals surface area contributed by atoms with E-state index in [0.717, 1.165) is 0 Å². The van der Waals surface area contributed by atoms with Gasteiger partial charge in [-0.1, -0.05) is 24.3 Å². The number of carboxylic acid groups (broad SMARTS) is 1. The van der Waals surface area contributed by atoms with Crippen molar-refractivity contribution in [3.63, 3.8) is 0 Å². The van der Waals surface area contributed by atoms with Gasteiger partial charge in [0, 0.05) is 0 Å². The Hall–Kier alpha value is -1.10. The maximum absolute atomic E-state index is 9.79. The number of carbonyl (C=O) groups is 1. The minimum absolute atomic E-state index is 0. The number of aromatic nitrogens is 1. The van der Waals surface area contributed by atoms with E-state index in [1.807, 2.05) is 0 Å². The Bertz CT molecular complexity index is 486. The minimum atomic E-state index is -1.39. The Kier molecular flexibility index (Phi) is 6.84. The molecule has 3 rings (SSSR count). The number of benzene rings is 1. The summed E-state index contributed by atoms with van der Waals surface area (Å²) in [6, 6.07) is 8.80. The van der Waals surface area contributed by atoms with Gasteiger partial charge in [0.15, 0.2) is 0 Å². The van der Waals surface area contributed by atoms with Crippen LogP contribution in [-0.2, 0) is 12.8 Å². The Morgan fingerprint density at radius 2 is 1.74 bits per heavy atom. The molecule has 1 aliphatic rings. The summed E-state index contributed by atoms with van der Waals surface area (Å²) in [6.45, 7) is 0. The summed E-state index contributed by atoms with van der Waals surface area (Å²) in [5.74, 6) is -1.78. The Labute approximate surface area is 134 Å². The monoisotopic (exact) mass is 267 g/mol. The number of oxazole rings is 1. The fraction of sp³-hybridized carbons (Fsp3) is 0.286. The summed E-state index contributed by atoms with van der Waals surface area (Å²) >= 11 is 0. The molecule has 1 aromatic carbocycles. The Morgan fingerprint density at radius 3 is 2.11 bits per heavy atom. The van der Waals surface area contributed by atoms with Crippen LogP contribution in [0.3, 0.4) is 0 Å². The molecular formula is C14H14NNaO3. The van der Waals surface area contributed by atoms with Gasteiger partial charge in [-0.05, 0) is 36.8 Å². The zero-order valence-electron chi connectivity index (χ0n) is 11.0. The molecule has 0 radical (unpaired) electrons. The fourth-order valence-electron chi connectivity index (χ4n) is 2.00. The standard InChI is InChI=1S/C10H12.C4H3NO3.Na/c1-2-6-10-8-4-3-7-9(10)5-1;6-4(7)3-5-1-2-8-3;/h1-2,5-6H,3-4,7-8H2;1-2H,(H,6,7);/q;;+1/p-1. The first-order chi connectivity index (χ1) is 8.77. The molecule has 0 atom stereocenters. The first-order valence-corrected chi connectivity index (χ1v) is 5.95. The number of aryl methyl sites for hydroxylation is 2. The first-order valence-electron chi connectivity index (χ1n) is 5.95. The largest absolute Gasteiger partial charge is 1.00 e. The van der Waals surface area contributed by atoms with Crippen molar-refractivity contribution in [1.82, 2.24) is 4.98 Å². The summed E-state index contributed by atoms with van der Waals surface area (Å²) in [4.78, 5) is 13.1. The number of aromatic carboxylic acids is 1. The van der Waals surface area contributed by atoms with E-state index in [9.17, 15) is 9.90 Å². The van der Waals surface area contributed by atoms with Crippen LogP contribution in [0.15, 0.2) is 41.1 Å². The van der Waals surface area contributed by atoms with E-state index >= 15 is 0 Å². The second-order valence-electron chi connectivity index (χ2n) is 4.10. The van der Waals surface area contributed by atoms with E-state index in [0.29, 0.717) is 0 Å². The predicted octanol–water partition coefficient (Wildman–Crippen LogP) is -1.39. The number of fused-ring (bicyclic) bond motifs is 1. The van der Waals surface area contributed by atoms with Gasteiger partial charge in [0.2, 0.25) is 5.89 Å². The zero-order valence-corrected chi connectivity index (χ0v) is 13.0. The van der Waals surface area contributed by atoms with Gasteiger partial charge >= 0.3 is 29.6 Å². The molecule has 94 valence electrons. The molecule has 0 amide bonds. The molecule has 4 nitrogen and oxygen atoms in total. The van der Waals surface area contributed by atoms with Crippen molar-refractivity contribution < 1.29 is 43.9 Å². The molecule has 5 heteroatoms. The molecule has 0 aliphatic heterocycles. The Balaban J connectivity index is 0.000000185. The number of hydrogen-bond donors (Lipinski definition) is 0. The second-order valence-corrected chi connectivity index (χ2v) is 4.10. The molecule has 0 spiro atoms. The smallest absolute Gasteiger partial charge is 0.540 e. The third-order valence-corrected chi connectivity index (χ3v) is 2.87. The zero-order chi connectivity index (χ0) is 12.8. The molecular weight excluding hydrogens is 253 g/mol. The molecule has 0 N–H and O–H groups in total. The van der Waals surface area contributed by atoms with E-state index in [2.05, 4.69) is 33.7 Å². The van der Waals surface area contributed by atoms with Crippen LogP contribution in [0.4, 0.5) is 0 Å². The van der Waals surface area contributed by atoms with E-state index in [1.165, 1.54) is 38.1 Å². The SMILES string of the molecule is O=C([O-])c1ncco1.[Na+].c1ccc2c(c1)CCCC2. The fourth-order valence-corrected chi connectivity index (χ4v) is 2.00. The van der Waals surface area contributed by atoms with Gasteiger partial charge in [-0.25, -0.2) is 4.98 Å². The quantitative estimate of drug-likeness (QED) is 0.597. The van der Waals surface area contributed by atoms with Gasteiger partial charge in [0.1, 0.15) is 12.2 Å². The van der Waals surface area contributed by atoms with Gasteiger partial charge in [0.25, 0.3) is 0 Å². The number of carbonyl (C=O) groups excluding carboxylic acids is 1. The van der Waals surface area contributed by atoms with E-state index in [-0.39, 0.29) is 35.4 Å². The van der Waals surface area contributed by atoms with Crippen molar-refractivity contribution in [1.29, 1.82) is 0 Å². The van der Waals surface area contributed by atoms with Crippen LogP contribution in [0.5, 0.6) is 0 Å². The second kappa shape index (κ2) is 8.15. The van der Waals surface area contributed by atoms with Crippen molar-refractivity contribution in [2.45, 2.75) is 25.7 Å². The molecule has 0 unspecified atom stereocenters. The molecule has 1 aliphatic carbocycles. The molecule has 0 saturated carbocycles. The third kappa shape index (κ3) is 4.82. The van der Waals surface area contributed by atoms with Crippen LogP contribution >= 0.6 is 0 Å². The normalized spacial score (nSPS) is 12.4. The van der Waals surface area contributed by atoms with Gasteiger partial charge in [-0.2, -0.15) is 0 Å². The molecule has 0 fully saturated rings. The number of nitrogens with zero attached hydrogens (tertiary/aromatic N) is 1. The van der Waals surface area contributed by atoms with Gasteiger partial charge in [-0.15, -0.1) is 0 Å². The summed E-state index contributed by atoms with van der Waals surface area (Å²) in [5.41, 5.74) is 3.16. The number of carboxylic acids is 1. The van der Waals surface area contributed by atoms with Crippen LogP contribution in [0.1, 0.15) is 34.7 Å². The third-order valence-electron chi connectivity index (χ3n) is 2.87. The maximum Gasteiger partial charge on any atom is 1.00 e. The molecule has 19 heavy (non-hydrogen) atoms. The van der Waals surface area contributed by atoms with Gasteiger partial charge in [-0.3, -0.25) is 0 Å². The van der Waals surface area contributed by atoms with Gasteiger partial charge in [0.05, 0.1) is 6.20 Å². The van der Waals surface area contributed by atoms with Crippen LogP contribution in [-0.4, -0.2) is 11.0 Å². The summed E-state index contributed by atoms with van der Waals surface area (Å²) in [5, 5.41) is 9.79. The summed E-state index contributed by atoms with van der Waals surface area (Å²) in [7, 11) is 0. The van der Waals surface area contributed by atoms with Crippen LogP contribution in [0.2, 0.25) is 0 Å². The molecule has 1 aromatic heterocycles. The minimum Gasteiger partial charge on any atom is -0.540 e. The van der Waals surface area contributed by atoms with Crippen LogP contribution in [0.25, 0.3) is 0 Å². The molecule has 1 heterocycles. The Morgan fingerprint density at radius 1 is 1.16 bits per heavy atom. The number of rotatable bonds is 1. The predicted molar refractivity (Wildman–Crippen MR) is 63.9 cm³/mol. The number of hydrogen-bond acceptors (Lipinski definition) is 4. The van der Waals surface area contributed by atoms with Crippen molar-refractivity contribution in [2.75, 3.05) is 0 Å². The van der Waals surface area contributed by atoms with Crippen molar-refractivity contribution in [3.05, 3.63) is 53.7 Å². The maximum atomic E-state index is 9.79. The van der Waals surface area contributed by atoms with Crippen molar-refractivity contribution in [3.8, 4) is 0 Å². The molecule has 0 bridgehead atoms. The topological polar surface area (TPSA) is 66.2 Å². The average Bonchev–Trinajstić information content (AvgIpc) is 2.94. The van der Waals surface area contributed by atoms with Crippen LogP contribution in [0, 0.1) is 0 Å². The van der Waals surface area contributed by atoms with Gasteiger partial charge < -0.3 is 14.3 Å². The summed E-state index contributed by atoms with van der Waals surface area (Å²) < 4.78 is 4.32. The van der Waals surface area contributed by atoms with E-state index < -0.39 is 5.97 Å². The van der Waals surface area contributed by atoms with E-state index in [4.69, 9.17) is 0 Å². The first kappa shape index (κ1) is 16.0. The average molecular weight is 267 g/mol. The van der Waals surface area contributed by atoms with Crippen molar-refractivity contribution in [2.24, 2.45) is 0 Å². The summed E-state index contributed by atoms with van der Waals surface area (Å²) in [6.07, 6.45) is 7.79. The molecule has 2 aromatic rings. The molecule has 0 saturated heterocycles.